The van der Waals surface area contributed by atoms with Gasteiger partial charge in [-0.05, 0) is 19.4 Å². The molecule has 2 rings (SSSR count). The number of ether oxygens (including phenoxy) is 1. The standard InChI is InChI=1S/C15H24N2OS/c1-11(7-12-9-18-6-5-16-12)8-14-17-13(10-19-14)15(2,3)4/h8,10,12,16H,5-7,9H2,1-4H3. The molecule has 4 heteroatoms. The molecule has 1 aliphatic rings. The molecule has 1 aliphatic heterocycles. The van der Waals surface area contributed by atoms with E-state index in [9.17, 15) is 0 Å². The van der Waals surface area contributed by atoms with Gasteiger partial charge in [0.15, 0.2) is 0 Å². The molecule has 0 aliphatic carbocycles. The number of hydrogen-bond donors (Lipinski definition) is 1. The van der Waals surface area contributed by atoms with Crippen LogP contribution >= 0.6 is 11.3 Å². The molecule has 3 nitrogen and oxygen atoms in total. The van der Waals surface area contributed by atoms with Gasteiger partial charge in [-0.25, -0.2) is 4.98 Å². The summed E-state index contributed by atoms with van der Waals surface area (Å²) in [6.45, 7) is 11.4. The molecule has 0 spiro atoms. The van der Waals surface area contributed by atoms with Gasteiger partial charge in [0, 0.05) is 23.4 Å². The fourth-order valence-electron chi connectivity index (χ4n) is 2.11. The van der Waals surface area contributed by atoms with Crippen molar-refractivity contribution in [1.29, 1.82) is 0 Å². The van der Waals surface area contributed by atoms with E-state index in [2.05, 4.69) is 44.5 Å². The molecule has 0 saturated carbocycles. The van der Waals surface area contributed by atoms with Crippen LogP contribution in [0.4, 0.5) is 0 Å². The molecule has 0 radical (unpaired) electrons. The molecule has 1 N–H and O–H groups in total. The Labute approximate surface area is 120 Å². The minimum absolute atomic E-state index is 0.134. The highest BCUT2D eigenvalue weighted by molar-refractivity contribution is 7.10. The Kier molecular flexibility index (Phi) is 4.76. The van der Waals surface area contributed by atoms with Crippen molar-refractivity contribution in [2.75, 3.05) is 19.8 Å². The monoisotopic (exact) mass is 280 g/mol. The molecule has 1 aromatic rings. The lowest BCUT2D eigenvalue weighted by atomic mass is 9.93. The summed E-state index contributed by atoms with van der Waals surface area (Å²) in [7, 11) is 0. The van der Waals surface area contributed by atoms with E-state index in [1.54, 1.807) is 11.3 Å². The van der Waals surface area contributed by atoms with E-state index in [1.807, 2.05) is 0 Å². The minimum atomic E-state index is 0.134. The summed E-state index contributed by atoms with van der Waals surface area (Å²) in [5.74, 6) is 0. The summed E-state index contributed by atoms with van der Waals surface area (Å²) in [5, 5.41) is 6.76. The minimum Gasteiger partial charge on any atom is -0.379 e. The van der Waals surface area contributed by atoms with Crippen LogP contribution in [0.1, 0.15) is 44.8 Å². The summed E-state index contributed by atoms with van der Waals surface area (Å²) < 4.78 is 5.48. The Hall–Kier alpha value is -0.710. The van der Waals surface area contributed by atoms with Crippen LogP contribution in [0.2, 0.25) is 0 Å². The maximum absolute atomic E-state index is 5.48. The van der Waals surface area contributed by atoms with Crippen molar-refractivity contribution in [3.8, 4) is 0 Å². The second kappa shape index (κ2) is 6.16. The molecular weight excluding hydrogens is 256 g/mol. The maximum Gasteiger partial charge on any atom is 0.116 e. The van der Waals surface area contributed by atoms with Crippen LogP contribution in [0.5, 0.6) is 0 Å². The van der Waals surface area contributed by atoms with Crippen molar-refractivity contribution in [3.05, 3.63) is 21.7 Å². The van der Waals surface area contributed by atoms with Crippen LogP contribution in [0, 0.1) is 0 Å². The molecule has 0 amide bonds. The van der Waals surface area contributed by atoms with Gasteiger partial charge in [0.2, 0.25) is 0 Å². The molecule has 1 saturated heterocycles. The third-order valence-electron chi connectivity index (χ3n) is 3.23. The van der Waals surface area contributed by atoms with Crippen molar-refractivity contribution < 1.29 is 4.74 Å². The van der Waals surface area contributed by atoms with E-state index >= 15 is 0 Å². The van der Waals surface area contributed by atoms with Crippen molar-refractivity contribution in [3.63, 3.8) is 0 Å². The smallest absolute Gasteiger partial charge is 0.116 e. The van der Waals surface area contributed by atoms with E-state index in [1.165, 1.54) is 11.3 Å². The van der Waals surface area contributed by atoms with Gasteiger partial charge in [-0.15, -0.1) is 11.3 Å². The van der Waals surface area contributed by atoms with Crippen LogP contribution in [0.15, 0.2) is 11.0 Å². The first-order valence-electron chi connectivity index (χ1n) is 6.89. The van der Waals surface area contributed by atoms with Crippen LogP contribution < -0.4 is 5.32 Å². The topological polar surface area (TPSA) is 34.1 Å². The number of hydrogen-bond acceptors (Lipinski definition) is 4. The molecule has 0 aromatic carbocycles. The maximum atomic E-state index is 5.48. The van der Waals surface area contributed by atoms with Crippen molar-refractivity contribution >= 4 is 17.4 Å². The highest BCUT2D eigenvalue weighted by Gasteiger charge is 2.17. The lowest BCUT2D eigenvalue weighted by Crippen LogP contribution is -2.41. The third kappa shape index (κ3) is 4.41. The Balaban J connectivity index is 1.97. The predicted molar refractivity (Wildman–Crippen MR) is 81.7 cm³/mol. The second-order valence-corrected chi connectivity index (χ2v) is 7.13. The van der Waals surface area contributed by atoms with E-state index in [4.69, 9.17) is 9.72 Å². The van der Waals surface area contributed by atoms with Gasteiger partial charge < -0.3 is 10.1 Å². The number of nitrogens with one attached hydrogen (secondary N) is 1. The molecule has 0 bridgehead atoms. The van der Waals surface area contributed by atoms with Gasteiger partial charge in [0.05, 0.1) is 18.9 Å². The molecule has 1 atom stereocenters. The first kappa shape index (κ1) is 14.7. The zero-order chi connectivity index (χ0) is 13.9. The lowest BCUT2D eigenvalue weighted by molar-refractivity contribution is 0.0771. The number of nitrogens with zero attached hydrogens (tertiary/aromatic N) is 1. The van der Waals surface area contributed by atoms with Crippen LogP contribution in [-0.4, -0.2) is 30.8 Å². The van der Waals surface area contributed by atoms with E-state index in [0.29, 0.717) is 6.04 Å². The fourth-order valence-corrected chi connectivity index (χ4v) is 3.17. The first-order valence-corrected chi connectivity index (χ1v) is 7.77. The van der Waals surface area contributed by atoms with Gasteiger partial charge in [-0.3, -0.25) is 0 Å². The van der Waals surface area contributed by atoms with Crippen LogP contribution in [-0.2, 0) is 10.2 Å². The molecule has 1 aromatic heterocycles. The molecule has 106 valence electrons. The predicted octanol–water partition coefficient (Wildman–Crippen LogP) is 3.22. The van der Waals surface area contributed by atoms with Crippen molar-refractivity contribution in [2.24, 2.45) is 0 Å². The fraction of sp³-hybridized carbons (Fsp3) is 0.667. The highest BCUT2D eigenvalue weighted by Crippen LogP contribution is 2.25. The zero-order valence-corrected chi connectivity index (χ0v) is 13.1. The number of morpholine rings is 1. The Morgan fingerprint density at radius 3 is 2.95 bits per heavy atom. The van der Waals surface area contributed by atoms with Gasteiger partial charge >= 0.3 is 0 Å². The molecule has 1 fully saturated rings. The van der Waals surface area contributed by atoms with Gasteiger partial charge in [0.1, 0.15) is 5.01 Å². The summed E-state index contributed by atoms with van der Waals surface area (Å²) >= 11 is 1.73. The molecule has 19 heavy (non-hydrogen) atoms. The summed E-state index contributed by atoms with van der Waals surface area (Å²) in [6, 6.07) is 0.451. The van der Waals surface area contributed by atoms with Crippen LogP contribution in [0.25, 0.3) is 6.08 Å². The Morgan fingerprint density at radius 1 is 1.58 bits per heavy atom. The number of aromatic nitrogens is 1. The number of rotatable bonds is 3. The third-order valence-corrected chi connectivity index (χ3v) is 4.02. The molecule has 2 heterocycles. The Bertz CT molecular complexity index is 439. The van der Waals surface area contributed by atoms with Gasteiger partial charge in [-0.1, -0.05) is 26.3 Å². The summed E-state index contributed by atoms with van der Waals surface area (Å²) in [6.07, 6.45) is 3.24. The highest BCUT2D eigenvalue weighted by atomic mass is 32.1. The van der Waals surface area contributed by atoms with E-state index < -0.39 is 0 Å². The number of thiazole rings is 1. The average molecular weight is 280 g/mol. The average Bonchev–Trinajstić information content (AvgIpc) is 2.78. The Morgan fingerprint density at radius 2 is 2.37 bits per heavy atom. The normalized spacial score (nSPS) is 21.7. The van der Waals surface area contributed by atoms with Gasteiger partial charge in [0.25, 0.3) is 0 Å². The van der Waals surface area contributed by atoms with E-state index in [0.717, 1.165) is 31.2 Å². The van der Waals surface area contributed by atoms with Gasteiger partial charge in [-0.2, -0.15) is 0 Å². The SMILES string of the molecule is CC(=Cc1nc(C(C)(C)C)cs1)CC1COCCN1. The quantitative estimate of drug-likeness (QED) is 0.923. The van der Waals surface area contributed by atoms with Crippen molar-refractivity contribution in [2.45, 2.75) is 45.6 Å². The lowest BCUT2D eigenvalue weighted by Gasteiger charge is -2.23. The summed E-state index contributed by atoms with van der Waals surface area (Å²) in [4.78, 5) is 4.71. The van der Waals surface area contributed by atoms with Crippen molar-refractivity contribution in [1.82, 2.24) is 10.3 Å². The first-order chi connectivity index (χ1) is 8.95. The van der Waals surface area contributed by atoms with E-state index in [-0.39, 0.29) is 5.41 Å². The second-order valence-electron chi connectivity index (χ2n) is 6.24. The molecule has 1 unspecified atom stereocenters. The zero-order valence-electron chi connectivity index (χ0n) is 12.3. The molecular formula is C15H24N2OS. The summed E-state index contributed by atoms with van der Waals surface area (Å²) in [5.41, 5.74) is 2.67. The largest absolute Gasteiger partial charge is 0.379 e. The van der Waals surface area contributed by atoms with Crippen LogP contribution in [0.3, 0.4) is 0 Å².